The first-order valence-electron chi connectivity index (χ1n) is 6.08. The molecule has 0 saturated carbocycles. The minimum atomic E-state index is -0.467. The Bertz CT molecular complexity index is 619. The maximum atomic E-state index is 14.0. The molecule has 0 aliphatic carbocycles. The molecule has 0 radical (unpaired) electrons. The molecule has 0 amide bonds. The highest BCUT2D eigenvalue weighted by Gasteiger charge is 2.18. The average Bonchev–Trinajstić information content (AvgIpc) is 2.42. The topological polar surface area (TPSA) is 12.0 Å². The Hall–Kier alpha value is -0.970. The van der Waals surface area contributed by atoms with Crippen LogP contribution in [-0.4, -0.2) is 7.05 Å². The van der Waals surface area contributed by atoms with Crippen molar-refractivity contribution in [1.82, 2.24) is 5.32 Å². The summed E-state index contributed by atoms with van der Waals surface area (Å²) in [6.45, 7) is 0. The van der Waals surface area contributed by atoms with Crippen molar-refractivity contribution < 1.29 is 8.78 Å². The first-order chi connectivity index (χ1) is 9.52. The van der Waals surface area contributed by atoms with Gasteiger partial charge in [0.1, 0.15) is 11.6 Å². The SMILES string of the molecule is CNC(Cc1ccc(Br)cc1F)c1cccc(Cl)c1F. The van der Waals surface area contributed by atoms with Gasteiger partial charge in [-0.2, -0.15) is 0 Å². The number of benzene rings is 2. The lowest BCUT2D eigenvalue weighted by molar-refractivity contribution is 0.520. The Morgan fingerprint density at radius 3 is 2.65 bits per heavy atom. The Morgan fingerprint density at radius 2 is 2.00 bits per heavy atom. The van der Waals surface area contributed by atoms with Crippen LogP contribution < -0.4 is 5.32 Å². The van der Waals surface area contributed by atoms with Crippen LogP contribution in [0.5, 0.6) is 0 Å². The van der Waals surface area contributed by atoms with E-state index in [-0.39, 0.29) is 16.9 Å². The molecule has 1 unspecified atom stereocenters. The van der Waals surface area contributed by atoms with Gasteiger partial charge in [-0.25, -0.2) is 8.78 Å². The summed E-state index contributed by atoms with van der Waals surface area (Å²) in [7, 11) is 1.71. The van der Waals surface area contributed by atoms with Crippen molar-refractivity contribution in [2.45, 2.75) is 12.5 Å². The van der Waals surface area contributed by atoms with Gasteiger partial charge in [0.15, 0.2) is 0 Å². The maximum absolute atomic E-state index is 14.0. The van der Waals surface area contributed by atoms with E-state index >= 15 is 0 Å². The molecule has 0 aliphatic heterocycles. The maximum Gasteiger partial charge on any atom is 0.146 e. The van der Waals surface area contributed by atoms with Crippen LogP contribution in [0.3, 0.4) is 0 Å². The van der Waals surface area contributed by atoms with Gasteiger partial charge in [-0.3, -0.25) is 0 Å². The Balaban J connectivity index is 2.31. The summed E-state index contributed by atoms with van der Waals surface area (Å²) in [5.41, 5.74) is 0.953. The molecular weight excluding hydrogens is 348 g/mol. The van der Waals surface area contributed by atoms with Crippen molar-refractivity contribution >= 4 is 27.5 Å². The van der Waals surface area contributed by atoms with Crippen molar-refractivity contribution in [3.05, 3.63) is 68.7 Å². The lowest BCUT2D eigenvalue weighted by atomic mass is 9.98. The third-order valence-electron chi connectivity index (χ3n) is 3.14. The molecule has 2 rings (SSSR count). The first kappa shape index (κ1) is 15.4. The second-order valence-electron chi connectivity index (χ2n) is 4.42. The van der Waals surface area contributed by atoms with Gasteiger partial charge in [0.05, 0.1) is 5.02 Å². The van der Waals surface area contributed by atoms with Crippen molar-refractivity contribution in [1.29, 1.82) is 0 Å². The molecule has 0 aromatic heterocycles. The lowest BCUT2D eigenvalue weighted by Crippen LogP contribution is -2.20. The fourth-order valence-corrected chi connectivity index (χ4v) is 2.58. The molecule has 1 atom stereocenters. The van der Waals surface area contributed by atoms with Crippen LogP contribution in [0.1, 0.15) is 17.2 Å². The molecule has 5 heteroatoms. The molecule has 20 heavy (non-hydrogen) atoms. The van der Waals surface area contributed by atoms with E-state index in [1.54, 1.807) is 31.3 Å². The normalized spacial score (nSPS) is 12.4. The Morgan fingerprint density at radius 1 is 1.25 bits per heavy atom. The van der Waals surface area contributed by atoms with E-state index in [4.69, 9.17) is 11.6 Å². The molecule has 1 N–H and O–H groups in total. The Kier molecular flexibility index (Phi) is 5.13. The fourth-order valence-electron chi connectivity index (χ4n) is 2.06. The van der Waals surface area contributed by atoms with E-state index in [0.717, 1.165) is 0 Å². The summed E-state index contributed by atoms with van der Waals surface area (Å²) in [5, 5.41) is 3.07. The summed E-state index contributed by atoms with van der Waals surface area (Å²) in [6, 6.07) is 9.33. The predicted octanol–water partition coefficient (Wildman–Crippen LogP) is 4.88. The van der Waals surface area contributed by atoms with E-state index in [0.29, 0.717) is 22.0 Å². The molecule has 0 heterocycles. The quantitative estimate of drug-likeness (QED) is 0.819. The molecule has 1 nitrogen and oxygen atoms in total. The molecule has 0 saturated heterocycles. The zero-order valence-corrected chi connectivity index (χ0v) is 13.1. The zero-order valence-electron chi connectivity index (χ0n) is 10.8. The Labute approximate surface area is 130 Å². The van der Waals surface area contributed by atoms with Gasteiger partial charge in [-0.15, -0.1) is 0 Å². The molecule has 0 aliphatic rings. The second kappa shape index (κ2) is 6.66. The predicted molar refractivity (Wildman–Crippen MR) is 81.0 cm³/mol. The molecule has 2 aromatic rings. The highest BCUT2D eigenvalue weighted by Crippen LogP contribution is 2.27. The fraction of sp³-hybridized carbons (Fsp3) is 0.200. The minimum absolute atomic E-state index is 0.0685. The summed E-state index contributed by atoms with van der Waals surface area (Å²) in [6.07, 6.45) is 0.340. The van der Waals surface area contributed by atoms with E-state index in [9.17, 15) is 8.78 Å². The van der Waals surface area contributed by atoms with Crippen LogP contribution in [-0.2, 0) is 6.42 Å². The van der Waals surface area contributed by atoms with Crippen LogP contribution in [0, 0.1) is 11.6 Å². The molecule has 0 bridgehead atoms. The number of hydrogen-bond donors (Lipinski definition) is 1. The van der Waals surface area contributed by atoms with Crippen LogP contribution >= 0.6 is 27.5 Å². The van der Waals surface area contributed by atoms with Crippen LogP contribution in [0.2, 0.25) is 5.02 Å². The smallest absolute Gasteiger partial charge is 0.146 e. The van der Waals surface area contributed by atoms with Crippen molar-refractivity contribution in [3.63, 3.8) is 0 Å². The number of likely N-dealkylation sites (N-methyl/N-ethyl adjacent to an activating group) is 1. The summed E-state index contributed by atoms with van der Waals surface area (Å²) in [5.74, 6) is -0.784. The monoisotopic (exact) mass is 359 g/mol. The van der Waals surface area contributed by atoms with Gasteiger partial charge in [-0.1, -0.05) is 45.7 Å². The highest BCUT2D eigenvalue weighted by molar-refractivity contribution is 9.10. The van der Waals surface area contributed by atoms with Gasteiger partial charge in [0.2, 0.25) is 0 Å². The third kappa shape index (κ3) is 3.37. The number of rotatable bonds is 4. The highest BCUT2D eigenvalue weighted by atomic mass is 79.9. The second-order valence-corrected chi connectivity index (χ2v) is 5.75. The lowest BCUT2D eigenvalue weighted by Gasteiger charge is -2.18. The van der Waals surface area contributed by atoms with Gasteiger partial charge in [0.25, 0.3) is 0 Å². The van der Waals surface area contributed by atoms with E-state index in [1.807, 2.05) is 0 Å². The molecular formula is C15H13BrClF2N. The average molecular weight is 361 g/mol. The molecule has 106 valence electrons. The van der Waals surface area contributed by atoms with Crippen molar-refractivity contribution in [3.8, 4) is 0 Å². The number of halogens is 4. The van der Waals surface area contributed by atoms with Crippen molar-refractivity contribution in [2.24, 2.45) is 0 Å². The standard InChI is InChI=1S/C15H13BrClF2N/c1-20-14(11-3-2-4-12(17)15(11)19)7-9-5-6-10(16)8-13(9)18/h2-6,8,14,20H,7H2,1H3. The largest absolute Gasteiger partial charge is 0.313 e. The summed E-state index contributed by atoms with van der Waals surface area (Å²) in [4.78, 5) is 0. The van der Waals surface area contributed by atoms with E-state index < -0.39 is 5.82 Å². The molecule has 0 spiro atoms. The van der Waals surface area contributed by atoms with Gasteiger partial charge >= 0.3 is 0 Å². The van der Waals surface area contributed by atoms with Crippen LogP contribution in [0.15, 0.2) is 40.9 Å². The first-order valence-corrected chi connectivity index (χ1v) is 7.25. The third-order valence-corrected chi connectivity index (χ3v) is 3.93. The van der Waals surface area contributed by atoms with Gasteiger partial charge < -0.3 is 5.32 Å². The molecule has 2 aromatic carbocycles. The molecule has 0 fully saturated rings. The van der Waals surface area contributed by atoms with Crippen molar-refractivity contribution in [2.75, 3.05) is 7.05 Å². The van der Waals surface area contributed by atoms with Gasteiger partial charge in [0, 0.05) is 16.1 Å². The minimum Gasteiger partial charge on any atom is -0.313 e. The van der Waals surface area contributed by atoms with E-state index in [1.165, 1.54) is 12.1 Å². The number of hydrogen-bond acceptors (Lipinski definition) is 1. The zero-order chi connectivity index (χ0) is 14.7. The summed E-state index contributed by atoms with van der Waals surface area (Å²) >= 11 is 9.00. The summed E-state index contributed by atoms with van der Waals surface area (Å²) < 4.78 is 28.6. The van der Waals surface area contributed by atoms with Gasteiger partial charge in [-0.05, 0) is 37.2 Å². The van der Waals surface area contributed by atoms with Crippen LogP contribution in [0.4, 0.5) is 8.78 Å². The number of nitrogens with one attached hydrogen (secondary N) is 1. The van der Waals surface area contributed by atoms with Crippen LogP contribution in [0.25, 0.3) is 0 Å². The van der Waals surface area contributed by atoms with E-state index in [2.05, 4.69) is 21.2 Å².